The number of fused-ring (bicyclic) bond motifs is 1. The van der Waals surface area contributed by atoms with E-state index in [9.17, 15) is 17.2 Å². The maximum absolute atomic E-state index is 14.3. The van der Waals surface area contributed by atoms with E-state index in [1.54, 1.807) is 24.3 Å². The second-order valence-corrected chi connectivity index (χ2v) is 8.57. The van der Waals surface area contributed by atoms with Gasteiger partial charge in [0.05, 0.1) is 6.04 Å². The van der Waals surface area contributed by atoms with Gasteiger partial charge in [0.15, 0.2) is 0 Å². The van der Waals surface area contributed by atoms with Crippen molar-refractivity contribution in [3.8, 4) is 0 Å². The monoisotopic (exact) mass is 408 g/mol. The molecule has 0 saturated heterocycles. The zero-order valence-corrected chi connectivity index (χ0v) is 15.6. The quantitative estimate of drug-likeness (QED) is 0.651. The Morgan fingerprint density at radius 3 is 2.44 bits per heavy atom. The Morgan fingerprint density at radius 1 is 1.00 bits per heavy atom. The first kappa shape index (κ1) is 18.2. The summed E-state index contributed by atoms with van der Waals surface area (Å²) in [4.78, 5) is -0.539. The molecule has 8 heteroatoms. The highest BCUT2D eigenvalue weighted by atomic mass is 35.5. The van der Waals surface area contributed by atoms with Crippen molar-refractivity contribution in [2.75, 3.05) is 6.54 Å². The molecule has 3 aromatic rings. The van der Waals surface area contributed by atoms with Gasteiger partial charge in [0.2, 0.25) is 10.0 Å². The lowest BCUT2D eigenvalue weighted by Gasteiger charge is -2.36. The van der Waals surface area contributed by atoms with E-state index >= 15 is 0 Å². The third-order valence-electron chi connectivity index (χ3n) is 4.66. The Labute approximate surface area is 160 Å². The first-order valence-corrected chi connectivity index (χ1v) is 10.1. The lowest BCUT2D eigenvalue weighted by Crippen LogP contribution is -2.42. The summed E-state index contributed by atoms with van der Waals surface area (Å²) >= 11 is 5.97. The van der Waals surface area contributed by atoms with Crippen molar-refractivity contribution in [2.24, 2.45) is 0 Å². The number of benzene rings is 2. The van der Waals surface area contributed by atoms with Gasteiger partial charge in [-0.25, -0.2) is 17.2 Å². The SMILES string of the molecule is O=S(=O)(c1ccc(F)cc1F)N1CCn2cccc2C1c1ccc(Cl)cc1. The fourth-order valence-corrected chi connectivity index (χ4v) is 5.17. The van der Waals surface area contributed by atoms with Crippen molar-refractivity contribution >= 4 is 21.6 Å². The maximum Gasteiger partial charge on any atom is 0.246 e. The molecule has 1 aliphatic rings. The van der Waals surface area contributed by atoms with E-state index in [2.05, 4.69) is 0 Å². The van der Waals surface area contributed by atoms with Crippen molar-refractivity contribution in [1.29, 1.82) is 0 Å². The van der Waals surface area contributed by atoms with Crippen molar-refractivity contribution in [2.45, 2.75) is 17.5 Å². The van der Waals surface area contributed by atoms with E-state index in [0.29, 0.717) is 23.2 Å². The highest BCUT2D eigenvalue weighted by Crippen LogP contribution is 2.37. The Morgan fingerprint density at radius 2 is 1.74 bits per heavy atom. The Kier molecular flexibility index (Phi) is 4.53. The minimum Gasteiger partial charge on any atom is -0.348 e. The Bertz CT molecular complexity index is 1100. The molecule has 1 unspecified atom stereocenters. The van der Waals surface area contributed by atoms with Crippen LogP contribution in [0.25, 0.3) is 0 Å². The second-order valence-electron chi connectivity index (χ2n) is 6.27. The van der Waals surface area contributed by atoms with E-state index in [1.165, 1.54) is 4.31 Å². The fourth-order valence-electron chi connectivity index (χ4n) is 3.41. The molecule has 0 fully saturated rings. The van der Waals surface area contributed by atoms with Crippen molar-refractivity contribution in [3.63, 3.8) is 0 Å². The number of aromatic nitrogens is 1. The predicted molar refractivity (Wildman–Crippen MR) is 98.0 cm³/mol. The minimum atomic E-state index is -4.19. The van der Waals surface area contributed by atoms with Crippen LogP contribution in [-0.4, -0.2) is 23.8 Å². The van der Waals surface area contributed by atoms with Crippen molar-refractivity contribution in [1.82, 2.24) is 8.87 Å². The summed E-state index contributed by atoms with van der Waals surface area (Å²) in [5.74, 6) is -1.93. The molecule has 4 rings (SSSR count). The Hall–Kier alpha value is -2.22. The van der Waals surface area contributed by atoms with E-state index < -0.39 is 32.6 Å². The van der Waals surface area contributed by atoms with Crippen LogP contribution >= 0.6 is 11.6 Å². The van der Waals surface area contributed by atoms with Crippen LogP contribution in [0.15, 0.2) is 65.7 Å². The van der Waals surface area contributed by atoms with Gasteiger partial charge in [0.25, 0.3) is 0 Å². The second kappa shape index (κ2) is 6.74. The summed E-state index contributed by atoms with van der Waals surface area (Å²) < 4.78 is 57.2. The molecule has 2 heterocycles. The molecule has 2 aromatic carbocycles. The maximum atomic E-state index is 14.3. The zero-order chi connectivity index (χ0) is 19.2. The minimum absolute atomic E-state index is 0.161. The summed E-state index contributed by atoms with van der Waals surface area (Å²) in [7, 11) is -4.19. The van der Waals surface area contributed by atoms with E-state index in [4.69, 9.17) is 11.6 Å². The average Bonchev–Trinajstić information content (AvgIpc) is 3.10. The molecular formula is C19H15ClF2N2O2S. The molecular weight excluding hydrogens is 394 g/mol. The molecule has 1 atom stereocenters. The topological polar surface area (TPSA) is 42.3 Å². The molecule has 0 saturated carbocycles. The summed E-state index contributed by atoms with van der Waals surface area (Å²) in [5.41, 5.74) is 1.49. The highest BCUT2D eigenvalue weighted by molar-refractivity contribution is 7.89. The standard InChI is InChI=1S/C19H15ClF2N2O2S/c20-14-5-3-13(4-6-14)19-17-2-1-9-23(17)10-11-24(19)27(25,26)18-8-7-15(21)12-16(18)22/h1-9,12,19H,10-11H2. The number of hydrogen-bond acceptors (Lipinski definition) is 2. The van der Waals surface area contributed by atoms with Gasteiger partial charge in [-0.1, -0.05) is 23.7 Å². The molecule has 1 aliphatic heterocycles. The smallest absolute Gasteiger partial charge is 0.246 e. The van der Waals surface area contributed by atoms with Gasteiger partial charge < -0.3 is 4.57 Å². The molecule has 0 aliphatic carbocycles. The highest BCUT2D eigenvalue weighted by Gasteiger charge is 2.38. The van der Waals surface area contributed by atoms with Gasteiger partial charge >= 0.3 is 0 Å². The van der Waals surface area contributed by atoms with Crippen LogP contribution in [0.2, 0.25) is 5.02 Å². The summed E-state index contributed by atoms with van der Waals surface area (Å²) in [6, 6.07) is 12.4. The average molecular weight is 409 g/mol. The molecule has 0 amide bonds. The largest absolute Gasteiger partial charge is 0.348 e. The first-order valence-electron chi connectivity index (χ1n) is 8.25. The zero-order valence-electron chi connectivity index (χ0n) is 14.0. The molecule has 4 nitrogen and oxygen atoms in total. The molecule has 140 valence electrons. The summed E-state index contributed by atoms with van der Waals surface area (Å²) in [6.07, 6.45) is 1.88. The van der Waals surface area contributed by atoms with Crippen molar-refractivity contribution < 1.29 is 17.2 Å². The van der Waals surface area contributed by atoms with Gasteiger partial charge in [-0.3, -0.25) is 0 Å². The summed E-state index contributed by atoms with van der Waals surface area (Å²) in [6.45, 7) is 0.600. The number of hydrogen-bond donors (Lipinski definition) is 0. The van der Waals surface area contributed by atoms with Gasteiger partial charge in [0.1, 0.15) is 16.5 Å². The van der Waals surface area contributed by atoms with Gasteiger partial charge in [-0.05, 0) is 42.0 Å². The number of halogens is 3. The molecule has 1 aromatic heterocycles. The van der Waals surface area contributed by atoms with Crippen LogP contribution in [0.3, 0.4) is 0 Å². The lowest BCUT2D eigenvalue weighted by molar-refractivity contribution is 0.297. The summed E-state index contributed by atoms with van der Waals surface area (Å²) in [5, 5.41) is 0.531. The predicted octanol–water partition coefficient (Wildman–Crippen LogP) is 4.21. The molecule has 0 bridgehead atoms. The van der Waals surface area contributed by atoms with Crippen LogP contribution in [-0.2, 0) is 16.6 Å². The van der Waals surface area contributed by atoms with Crippen molar-refractivity contribution in [3.05, 3.63) is 88.7 Å². The van der Waals surface area contributed by atoms with Gasteiger partial charge in [-0.2, -0.15) is 4.31 Å². The van der Waals surface area contributed by atoms with E-state index in [-0.39, 0.29) is 6.54 Å². The van der Waals surface area contributed by atoms with Gasteiger partial charge in [-0.15, -0.1) is 0 Å². The molecule has 27 heavy (non-hydrogen) atoms. The lowest BCUT2D eigenvalue weighted by atomic mass is 10.0. The Balaban J connectivity index is 1.86. The van der Waals surface area contributed by atoms with Crippen LogP contribution in [0.5, 0.6) is 0 Å². The molecule has 0 radical (unpaired) electrons. The van der Waals surface area contributed by atoms with Crippen LogP contribution in [0, 0.1) is 11.6 Å². The number of rotatable bonds is 3. The fraction of sp³-hybridized carbons (Fsp3) is 0.158. The van der Waals surface area contributed by atoms with E-state index in [0.717, 1.165) is 17.8 Å². The number of nitrogens with zero attached hydrogens (tertiary/aromatic N) is 2. The molecule has 0 spiro atoms. The van der Waals surface area contributed by atoms with E-state index in [1.807, 2.05) is 22.9 Å². The number of sulfonamides is 1. The first-order chi connectivity index (χ1) is 12.9. The normalized spacial score (nSPS) is 17.7. The van der Waals surface area contributed by atoms with Gasteiger partial charge in [0, 0.05) is 36.1 Å². The molecule has 0 N–H and O–H groups in total. The van der Waals surface area contributed by atoms with Crippen LogP contribution in [0.4, 0.5) is 8.78 Å². The third kappa shape index (κ3) is 3.16. The van der Waals surface area contributed by atoms with Crippen LogP contribution in [0.1, 0.15) is 17.3 Å². The third-order valence-corrected chi connectivity index (χ3v) is 6.81. The van der Waals surface area contributed by atoms with Crippen LogP contribution < -0.4 is 0 Å².